The minimum absolute atomic E-state index is 0.0195. The minimum atomic E-state index is -4.61. The maximum absolute atomic E-state index is 12.9. The lowest BCUT2D eigenvalue weighted by Crippen LogP contribution is -2.25. The second-order valence-electron chi connectivity index (χ2n) is 5.66. The molecule has 2 aromatic carbocycles. The third-order valence-electron chi connectivity index (χ3n) is 3.74. The number of hydrogen-bond acceptors (Lipinski definition) is 4. The van der Waals surface area contributed by atoms with Gasteiger partial charge in [-0.15, -0.1) is 0 Å². The molecule has 1 aliphatic heterocycles. The molecule has 27 heavy (non-hydrogen) atoms. The summed E-state index contributed by atoms with van der Waals surface area (Å²) in [6.07, 6.45) is -3.03. The van der Waals surface area contributed by atoms with Crippen LogP contribution in [0.15, 0.2) is 54.1 Å². The second kappa shape index (κ2) is 7.53. The fourth-order valence-electron chi connectivity index (χ4n) is 2.48. The number of esters is 1. The molecule has 140 valence electrons. The smallest absolute Gasteiger partial charge is 0.418 e. The van der Waals surface area contributed by atoms with Crippen LogP contribution in [0.1, 0.15) is 11.1 Å². The number of amides is 1. The first-order valence-electron chi connectivity index (χ1n) is 7.90. The van der Waals surface area contributed by atoms with E-state index in [1.807, 2.05) is 0 Å². The van der Waals surface area contributed by atoms with E-state index in [0.29, 0.717) is 11.3 Å². The highest BCUT2D eigenvalue weighted by molar-refractivity contribution is 5.98. The monoisotopic (exact) mass is 377 g/mol. The van der Waals surface area contributed by atoms with E-state index in [2.05, 4.69) is 5.32 Å². The molecule has 0 saturated heterocycles. The Labute approximate surface area is 152 Å². The normalized spacial score (nSPS) is 13.1. The molecule has 0 radical (unpaired) electrons. The zero-order chi connectivity index (χ0) is 19.4. The molecule has 0 aliphatic carbocycles. The molecule has 0 fully saturated rings. The maximum Gasteiger partial charge on any atom is 0.418 e. The van der Waals surface area contributed by atoms with Crippen molar-refractivity contribution in [3.05, 3.63) is 65.2 Å². The van der Waals surface area contributed by atoms with Gasteiger partial charge >= 0.3 is 12.1 Å². The largest absolute Gasteiger partial charge is 0.488 e. The number of nitrogens with one attached hydrogen (secondary N) is 1. The molecule has 1 heterocycles. The van der Waals surface area contributed by atoms with Gasteiger partial charge in [-0.2, -0.15) is 13.2 Å². The van der Waals surface area contributed by atoms with Gasteiger partial charge in [-0.25, -0.2) is 4.79 Å². The number of halogens is 3. The highest BCUT2D eigenvalue weighted by atomic mass is 19.4. The number of para-hydroxylation sites is 2. The van der Waals surface area contributed by atoms with Crippen LogP contribution in [0.4, 0.5) is 18.9 Å². The van der Waals surface area contributed by atoms with Gasteiger partial charge in [0.05, 0.1) is 16.8 Å². The number of ether oxygens (including phenoxy) is 2. The molecule has 0 bridgehead atoms. The zero-order valence-electron chi connectivity index (χ0n) is 13.9. The van der Waals surface area contributed by atoms with E-state index in [1.165, 1.54) is 12.1 Å². The van der Waals surface area contributed by atoms with E-state index in [9.17, 15) is 22.8 Å². The van der Waals surface area contributed by atoms with Gasteiger partial charge in [-0.3, -0.25) is 4.79 Å². The summed E-state index contributed by atoms with van der Waals surface area (Å²) < 4.78 is 49.1. The van der Waals surface area contributed by atoms with Crippen molar-refractivity contribution in [3.63, 3.8) is 0 Å². The van der Waals surface area contributed by atoms with Crippen LogP contribution in [-0.4, -0.2) is 25.1 Å². The molecule has 8 heteroatoms. The molecule has 3 rings (SSSR count). The van der Waals surface area contributed by atoms with Crippen LogP contribution in [0.25, 0.3) is 6.08 Å². The van der Waals surface area contributed by atoms with E-state index in [0.717, 1.165) is 12.1 Å². The maximum atomic E-state index is 12.9. The topological polar surface area (TPSA) is 64.6 Å². The summed E-state index contributed by atoms with van der Waals surface area (Å²) in [6.45, 7) is -0.738. The summed E-state index contributed by atoms with van der Waals surface area (Å²) >= 11 is 0. The fraction of sp³-hybridized carbons (Fsp3) is 0.158. The van der Waals surface area contributed by atoms with Gasteiger partial charge in [0.1, 0.15) is 12.4 Å². The van der Waals surface area contributed by atoms with E-state index < -0.39 is 35.9 Å². The van der Waals surface area contributed by atoms with E-state index in [-0.39, 0.29) is 12.2 Å². The van der Waals surface area contributed by atoms with Crippen molar-refractivity contribution < 1.29 is 32.2 Å². The van der Waals surface area contributed by atoms with Gasteiger partial charge in [-0.05, 0) is 24.3 Å². The number of carbonyl (C=O) groups excluding carboxylic acids is 2. The zero-order valence-corrected chi connectivity index (χ0v) is 13.9. The Bertz CT molecular complexity index is 906. The van der Waals surface area contributed by atoms with Gasteiger partial charge in [0, 0.05) is 5.56 Å². The first-order chi connectivity index (χ1) is 12.8. The van der Waals surface area contributed by atoms with Crippen LogP contribution in [-0.2, 0) is 20.5 Å². The van der Waals surface area contributed by atoms with Crippen LogP contribution in [0.3, 0.4) is 0 Å². The molecule has 0 spiro atoms. The number of hydrogen-bond donors (Lipinski definition) is 1. The SMILES string of the molecule is O=C(COC(=O)C1=Cc2ccccc2OC1)Nc1ccccc1C(F)(F)F. The Balaban J connectivity index is 1.61. The van der Waals surface area contributed by atoms with Crippen molar-refractivity contribution in [2.75, 3.05) is 18.5 Å². The summed E-state index contributed by atoms with van der Waals surface area (Å²) in [5, 5.41) is 2.10. The molecular weight excluding hydrogens is 363 g/mol. The van der Waals surface area contributed by atoms with Gasteiger partial charge in [-0.1, -0.05) is 30.3 Å². The third kappa shape index (κ3) is 4.46. The van der Waals surface area contributed by atoms with Crippen LogP contribution < -0.4 is 10.1 Å². The summed E-state index contributed by atoms with van der Waals surface area (Å²) in [6, 6.07) is 11.6. The Kier molecular flexibility index (Phi) is 5.16. The number of anilines is 1. The Hall–Kier alpha value is -3.29. The summed E-state index contributed by atoms with van der Waals surface area (Å²) in [5.74, 6) is -1.03. The van der Waals surface area contributed by atoms with Crippen LogP contribution in [0.5, 0.6) is 5.75 Å². The van der Waals surface area contributed by atoms with Crippen LogP contribution in [0.2, 0.25) is 0 Å². The lowest BCUT2D eigenvalue weighted by molar-refractivity contribution is -0.143. The molecule has 0 atom stereocenters. The molecule has 0 unspecified atom stereocenters. The van der Waals surface area contributed by atoms with Crippen molar-refractivity contribution in [2.24, 2.45) is 0 Å². The third-order valence-corrected chi connectivity index (χ3v) is 3.74. The quantitative estimate of drug-likeness (QED) is 0.826. The van der Waals surface area contributed by atoms with Crippen molar-refractivity contribution >= 4 is 23.6 Å². The Morgan fingerprint density at radius 3 is 2.56 bits per heavy atom. The predicted molar refractivity (Wildman–Crippen MR) is 90.9 cm³/mol. The van der Waals surface area contributed by atoms with Crippen LogP contribution >= 0.6 is 0 Å². The van der Waals surface area contributed by atoms with Gasteiger partial charge < -0.3 is 14.8 Å². The fourth-order valence-corrected chi connectivity index (χ4v) is 2.48. The molecule has 1 aliphatic rings. The summed E-state index contributed by atoms with van der Waals surface area (Å²) in [7, 11) is 0. The Morgan fingerprint density at radius 1 is 1.07 bits per heavy atom. The highest BCUT2D eigenvalue weighted by Crippen LogP contribution is 2.34. The highest BCUT2D eigenvalue weighted by Gasteiger charge is 2.33. The van der Waals surface area contributed by atoms with Gasteiger partial charge in [0.15, 0.2) is 6.61 Å². The van der Waals surface area contributed by atoms with Crippen molar-refractivity contribution in [1.82, 2.24) is 0 Å². The first-order valence-corrected chi connectivity index (χ1v) is 7.90. The van der Waals surface area contributed by atoms with E-state index >= 15 is 0 Å². The molecule has 0 aromatic heterocycles. The molecule has 1 amide bonds. The average Bonchev–Trinajstić information content (AvgIpc) is 2.65. The number of alkyl halides is 3. The van der Waals surface area contributed by atoms with Gasteiger partial charge in [0.2, 0.25) is 0 Å². The van der Waals surface area contributed by atoms with E-state index in [1.54, 1.807) is 30.3 Å². The molecule has 5 nitrogen and oxygen atoms in total. The number of benzene rings is 2. The second-order valence-corrected chi connectivity index (χ2v) is 5.66. The number of rotatable bonds is 4. The lowest BCUT2D eigenvalue weighted by Gasteiger charge is -2.17. The van der Waals surface area contributed by atoms with Gasteiger partial charge in [0.25, 0.3) is 5.91 Å². The Morgan fingerprint density at radius 2 is 1.78 bits per heavy atom. The minimum Gasteiger partial charge on any atom is -0.488 e. The standard InChI is InChI=1S/C19H14F3NO4/c20-19(21,22)14-6-2-3-7-15(14)23-17(24)11-27-18(25)13-9-12-5-1-4-8-16(12)26-10-13/h1-9H,10-11H2,(H,23,24). The number of fused-ring (bicyclic) bond motifs is 1. The van der Waals surface area contributed by atoms with E-state index in [4.69, 9.17) is 9.47 Å². The summed E-state index contributed by atoms with van der Waals surface area (Å²) in [5.41, 5.74) is -0.485. The molecule has 0 saturated carbocycles. The van der Waals surface area contributed by atoms with Crippen molar-refractivity contribution in [3.8, 4) is 5.75 Å². The van der Waals surface area contributed by atoms with Crippen molar-refractivity contribution in [1.29, 1.82) is 0 Å². The molecule has 2 aromatic rings. The van der Waals surface area contributed by atoms with Crippen molar-refractivity contribution in [2.45, 2.75) is 6.18 Å². The van der Waals surface area contributed by atoms with Crippen LogP contribution in [0, 0.1) is 0 Å². The lowest BCUT2D eigenvalue weighted by atomic mass is 10.1. The molecular formula is C19H14F3NO4. The molecule has 1 N–H and O–H groups in total. The summed E-state index contributed by atoms with van der Waals surface area (Å²) in [4.78, 5) is 23.9. The first kappa shape index (κ1) is 18.5. The number of carbonyl (C=O) groups is 2. The average molecular weight is 377 g/mol. The predicted octanol–water partition coefficient (Wildman–Crippen LogP) is 3.66.